The molecule has 1 aromatic rings. The van der Waals surface area contributed by atoms with E-state index >= 15 is 0 Å². The second-order valence-corrected chi connectivity index (χ2v) is 6.86. The third-order valence-electron chi connectivity index (χ3n) is 3.55. The highest BCUT2D eigenvalue weighted by Gasteiger charge is 2.26. The van der Waals surface area contributed by atoms with Gasteiger partial charge in [-0.25, -0.2) is 9.18 Å². The van der Waals surface area contributed by atoms with Crippen LogP contribution in [0.4, 0.5) is 9.18 Å². The number of fused-ring (bicyclic) bond motifs is 1. The molecule has 1 amide bonds. The van der Waals surface area contributed by atoms with Crippen molar-refractivity contribution in [3.8, 4) is 5.75 Å². The van der Waals surface area contributed by atoms with Crippen LogP contribution in [0.25, 0.3) is 0 Å². The van der Waals surface area contributed by atoms with E-state index in [4.69, 9.17) is 9.47 Å². The number of benzene rings is 1. The highest BCUT2D eigenvalue weighted by Crippen LogP contribution is 2.31. The monoisotopic (exact) mass is 325 g/mol. The highest BCUT2D eigenvalue weighted by molar-refractivity contribution is 5.67. The van der Waals surface area contributed by atoms with Gasteiger partial charge in [0.05, 0.1) is 0 Å². The summed E-state index contributed by atoms with van der Waals surface area (Å²) in [5.41, 5.74) is 0.283. The number of amides is 1. The summed E-state index contributed by atoms with van der Waals surface area (Å²) >= 11 is 0. The zero-order valence-electron chi connectivity index (χ0n) is 13.8. The van der Waals surface area contributed by atoms with Gasteiger partial charge in [-0.2, -0.15) is 0 Å². The van der Waals surface area contributed by atoms with Crippen LogP contribution in [-0.4, -0.2) is 36.1 Å². The van der Waals surface area contributed by atoms with E-state index in [1.54, 1.807) is 26.8 Å². The quantitative estimate of drug-likeness (QED) is 0.873. The second kappa shape index (κ2) is 7.17. The van der Waals surface area contributed by atoms with E-state index in [1.165, 1.54) is 12.1 Å². The molecule has 0 radical (unpaired) electrons. The van der Waals surface area contributed by atoms with Crippen molar-refractivity contribution in [1.29, 1.82) is 0 Å². The first-order valence-electron chi connectivity index (χ1n) is 7.79. The minimum atomic E-state index is -0.556. The molecule has 0 spiro atoms. The second-order valence-electron chi connectivity index (χ2n) is 6.86. The van der Waals surface area contributed by atoms with E-state index < -0.39 is 11.7 Å². The van der Waals surface area contributed by atoms with E-state index in [1.807, 2.05) is 0 Å². The first-order valence-corrected chi connectivity index (χ1v) is 7.79. The van der Waals surface area contributed by atoms with Crippen LogP contribution in [0.3, 0.4) is 0 Å². The van der Waals surface area contributed by atoms with Gasteiger partial charge in [0.2, 0.25) is 0 Å². The van der Waals surface area contributed by atoms with Crippen molar-refractivity contribution < 1.29 is 23.8 Å². The fraction of sp³-hybridized carbons (Fsp3) is 0.588. The Hall–Kier alpha value is -1.82. The molecular formula is C17H24FNO4. The molecule has 2 atom stereocenters. The minimum absolute atomic E-state index is 0.0691. The number of nitrogens with one attached hydrogen (secondary N) is 1. The maximum atomic E-state index is 13.2. The SMILES string of the molecule is CC(C)(C)OC(=O)NCC(CO)CC1Cc2cc(F)ccc2O1. The topological polar surface area (TPSA) is 67.8 Å². The first-order chi connectivity index (χ1) is 10.8. The smallest absolute Gasteiger partial charge is 0.407 e. The fourth-order valence-corrected chi connectivity index (χ4v) is 2.56. The fourth-order valence-electron chi connectivity index (χ4n) is 2.56. The maximum Gasteiger partial charge on any atom is 0.407 e. The summed E-state index contributed by atoms with van der Waals surface area (Å²) in [6, 6.07) is 4.47. The summed E-state index contributed by atoms with van der Waals surface area (Å²) in [4.78, 5) is 11.6. The lowest BCUT2D eigenvalue weighted by Gasteiger charge is -2.22. The summed E-state index contributed by atoms with van der Waals surface area (Å²) in [5, 5.41) is 12.1. The zero-order chi connectivity index (χ0) is 17.0. The van der Waals surface area contributed by atoms with Crippen LogP contribution in [0.5, 0.6) is 5.75 Å². The molecular weight excluding hydrogens is 301 g/mol. The summed E-state index contributed by atoms with van der Waals surface area (Å²) < 4.78 is 24.1. The van der Waals surface area contributed by atoms with Crippen LogP contribution in [0, 0.1) is 11.7 Å². The number of ether oxygens (including phenoxy) is 2. The Morgan fingerprint density at radius 2 is 2.26 bits per heavy atom. The van der Waals surface area contributed by atoms with Crippen molar-refractivity contribution in [2.45, 2.75) is 45.3 Å². The van der Waals surface area contributed by atoms with Gasteiger partial charge < -0.3 is 19.9 Å². The first kappa shape index (κ1) is 17.5. The normalized spacial score (nSPS) is 18.0. The lowest BCUT2D eigenvalue weighted by atomic mass is 9.99. The van der Waals surface area contributed by atoms with Crippen LogP contribution in [0.15, 0.2) is 18.2 Å². The number of rotatable bonds is 5. The lowest BCUT2D eigenvalue weighted by molar-refractivity contribution is 0.0503. The summed E-state index contributed by atoms with van der Waals surface area (Å²) in [6.45, 7) is 5.60. The van der Waals surface area contributed by atoms with Gasteiger partial charge in [0, 0.05) is 31.1 Å². The molecule has 1 aromatic carbocycles. The average Bonchev–Trinajstić information content (AvgIpc) is 2.82. The maximum absolute atomic E-state index is 13.2. The summed E-state index contributed by atoms with van der Waals surface area (Å²) in [6.07, 6.45) is 0.552. The van der Waals surface area contributed by atoms with E-state index in [2.05, 4.69) is 5.32 Å². The molecule has 0 aliphatic carbocycles. The van der Waals surface area contributed by atoms with Gasteiger partial charge in [0.1, 0.15) is 23.3 Å². The molecule has 0 bridgehead atoms. The van der Waals surface area contributed by atoms with Crippen LogP contribution in [0.2, 0.25) is 0 Å². The number of aliphatic hydroxyl groups is 1. The molecule has 128 valence electrons. The Bertz CT molecular complexity index is 556. The molecule has 2 N–H and O–H groups in total. The Morgan fingerprint density at radius 1 is 1.52 bits per heavy atom. The van der Waals surface area contributed by atoms with Gasteiger partial charge in [0.15, 0.2) is 0 Å². The number of alkyl carbamates (subject to hydrolysis) is 1. The van der Waals surface area contributed by atoms with E-state index in [9.17, 15) is 14.3 Å². The predicted octanol–water partition coefficient (Wildman–Crippen LogP) is 2.65. The average molecular weight is 325 g/mol. The zero-order valence-corrected chi connectivity index (χ0v) is 13.8. The molecule has 2 unspecified atom stereocenters. The number of hydrogen-bond donors (Lipinski definition) is 2. The summed E-state index contributed by atoms with van der Waals surface area (Å²) in [7, 11) is 0. The van der Waals surface area contributed by atoms with Crippen LogP contribution in [-0.2, 0) is 11.2 Å². The van der Waals surface area contributed by atoms with E-state index in [0.717, 1.165) is 5.56 Å². The molecule has 2 rings (SSSR count). The Morgan fingerprint density at radius 3 is 2.91 bits per heavy atom. The summed E-state index contributed by atoms with van der Waals surface area (Å²) in [5.74, 6) is 0.262. The molecule has 0 fully saturated rings. The lowest BCUT2D eigenvalue weighted by Crippen LogP contribution is -2.37. The van der Waals surface area contributed by atoms with E-state index in [-0.39, 0.29) is 24.4 Å². The van der Waals surface area contributed by atoms with E-state index in [0.29, 0.717) is 25.1 Å². The molecule has 5 nitrogen and oxygen atoms in total. The predicted molar refractivity (Wildman–Crippen MR) is 83.9 cm³/mol. The standard InChI is InChI=1S/C17H24FNO4/c1-17(2,3)23-16(21)19-9-11(10-20)6-14-8-12-7-13(18)4-5-15(12)22-14/h4-5,7,11,14,20H,6,8-10H2,1-3H3,(H,19,21). The largest absolute Gasteiger partial charge is 0.490 e. The minimum Gasteiger partial charge on any atom is -0.490 e. The molecule has 23 heavy (non-hydrogen) atoms. The highest BCUT2D eigenvalue weighted by atomic mass is 19.1. The third kappa shape index (κ3) is 5.39. The van der Waals surface area contributed by atoms with Crippen molar-refractivity contribution in [2.24, 2.45) is 5.92 Å². The number of carbonyl (C=O) groups excluding carboxylic acids is 1. The number of aliphatic hydroxyl groups excluding tert-OH is 1. The molecule has 0 saturated carbocycles. The molecule has 1 aliphatic rings. The number of halogens is 1. The number of hydrogen-bond acceptors (Lipinski definition) is 4. The Balaban J connectivity index is 1.81. The molecule has 1 heterocycles. The Labute approximate surface area is 135 Å². The van der Waals surface area contributed by atoms with Crippen molar-refractivity contribution in [3.63, 3.8) is 0 Å². The van der Waals surface area contributed by atoms with Gasteiger partial charge >= 0.3 is 6.09 Å². The van der Waals surface area contributed by atoms with Gasteiger partial charge in [-0.3, -0.25) is 0 Å². The Kier molecular flexibility index (Phi) is 5.46. The van der Waals surface area contributed by atoms with Gasteiger partial charge in [-0.15, -0.1) is 0 Å². The van der Waals surface area contributed by atoms with Crippen LogP contribution in [0.1, 0.15) is 32.8 Å². The third-order valence-corrected chi connectivity index (χ3v) is 3.55. The van der Waals surface area contributed by atoms with Crippen molar-refractivity contribution in [2.75, 3.05) is 13.2 Å². The molecule has 0 aromatic heterocycles. The number of carbonyl (C=O) groups is 1. The van der Waals surface area contributed by atoms with Crippen molar-refractivity contribution in [1.82, 2.24) is 5.32 Å². The van der Waals surface area contributed by atoms with Crippen molar-refractivity contribution >= 4 is 6.09 Å². The van der Waals surface area contributed by atoms with Gasteiger partial charge in [-0.05, 0) is 45.4 Å². The van der Waals surface area contributed by atoms with Crippen LogP contribution < -0.4 is 10.1 Å². The van der Waals surface area contributed by atoms with Gasteiger partial charge in [0.25, 0.3) is 0 Å². The molecule has 0 saturated heterocycles. The van der Waals surface area contributed by atoms with Crippen LogP contribution >= 0.6 is 0 Å². The van der Waals surface area contributed by atoms with Crippen molar-refractivity contribution in [3.05, 3.63) is 29.6 Å². The molecule has 6 heteroatoms. The molecule has 1 aliphatic heterocycles. The van der Waals surface area contributed by atoms with Gasteiger partial charge in [-0.1, -0.05) is 0 Å².